The number of hydrogen-bond donors (Lipinski definition) is 0. The van der Waals surface area contributed by atoms with Crippen LogP contribution in [0, 0.1) is 0 Å². The molecule has 3 heteroatoms. The van der Waals surface area contributed by atoms with E-state index >= 15 is 0 Å². The molecule has 0 atom stereocenters. The quantitative estimate of drug-likeness (QED) is 0.704. The molecule has 78 valence electrons. The summed E-state index contributed by atoms with van der Waals surface area (Å²) in [5, 5.41) is 4.90. The summed E-state index contributed by atoms with van der Waals surface area (Å²) >= 11 is 0. The van der Waals surface area contributed by atoms with Crippen LogP contribution in [0.4, 0.5) is 0 Å². The van der Waals surface area contributed by atoms with Gasteiger partial charge < -0.3 is 4.52 Å². The topological polar surface area (TPSA) is 43.1 Å². The molecule has 0 aliphatic carbocycles. The molecule has 3 nitrogen and oxygen atoms in total. The molecule has 1 aromatic carbocycles. The first-order valence-corrected chi connectivity index (χ1v) is 5.00. The number of Topliss-reactive ketones (excluding diaryl/α,β-unsaturated/α-hetero) is 1. The minimum Gasteiger partial charge on any atom is -0.360 e. The number of carbonyl (C=O) groups is 1. The van der Waals surface area contributed by atoms with E-state index < -0.39 is 0 Å². The first-order valence-electron chi connectivity index (χ1n) is 5.00. The van der Waals surface area contributed by atoms with Crippen LogP contribution in [0.1, 0.15) is 42.8 Å². The highest BCUT2D eigenvalue weighted by Crippen LogP contribution is 2.25. The van der Waals surface area contributed by atoms with Crippen LogP contribution in [0.5, 0.6) is 0 Å². The molecule has 15 heavy (non-hydrogen) atoms. The lowest BCUT2D eigenvalue weighted by Crippen LogP contribution is -1.91. The van der Waals surface area contributed by atoms with Crippen molar-refractivity contribution < 1.29 is 9.32 Å². The normalized spacial score (nSPS) is 11.2. The molecule has 0 radical (unpaired) electrons. The third-order valence-electron chi connectivity index (χ3n) is 2.44. The number of aromatic nitrogens is 1. The second-order valence-corrected chi connectivity index (χ2v) is 3.99. The van der Waals surface area contributed by atoms with Gasteiger partial charge in [0.15, 0.2) is 5.78 Å². The van der Waals surface area contributed by atoms with Gasteiger partial charge in [-0.15, -0.1) is 0 Å². The summed E-state index contributed by atoms with van der Waals surface area (Å²) in [5.74, 6) is 1.18. The van der Waals surface area contributed by atoms with Crippen LogP contribution in [0.2, 0.25) is 0 Å². The maximum Gasteiger partial charge on any atom is 0.159 e. The largest absolute Gasteiger partial charge is 0.360 e. The number of benzene rings is 1. The van der Waals surface area contributed by atoms with Gasteiger partial charge in [-0.1, -0.05) is 19.0 Å². The zero-order chi connectivity index (χ0) is 11.0. The van der Waals surface area contributed by atoms with Crippen molar-refractivity contribution in [3.05, 3.63) is 29.5 Å². The second kappa shape index (κ2) is 3.50. The van der Waals surface area contributed by atoms with E-state index in [2.05, 4.69) is 5.16 Å². The maximum absolute atomic E-state index is 11.2. The highest BCUT2D eigenvalue weighted by molar-refractivity contribution is 5.98. The molecule has 0 saturated carbocycles. The van der Waals surface area contributed by atoms with Crippen LogP contribution in [0.25, 0.3) is 10.9 Å². The van der Waals surface area contributed by atoms with E-state index in [1.165, 1.54) is 0 Å². The summed E-state index contributed by atoms with van der Waals surface area (Å²) in [6, 6.07) is 5.45. The Morgan fingerprint density at radius 1 is 1.40 bits per heavy atom. The minimum atomic E-state index is 0.0628. The number of fused-ring (bicyclic) bond motifs is 1. The standard InChI is InChI=1S/C12H13NO2/c1-7(2)12-10-6-9(8(3)14)4-5-11(10)13-15-12/h4-7H,1-3H3. The van der Waals surface area contributed by atoms with E-state index in [9.17, 15) is 4.79 Å². The SMILES string of the molecule is CC(=O)c1ccc2noc(C(C)C)c2c1. The molecule has 0 N–H and O–H groups in total. The zero-order valence-corrected chi connectivity index (χ0v) is 9.07. The Balaban J connectivity index is 2.66. The van der Waals surface area contributed by atoms with Gasteiger partial charge in [-0.3, -0.25) is 4.79 Å². The van der Waals surface area contributed by atoms with Crippen molar-refractivity contribution in [1.82, 2.24) is 5.16 Å². The Kier molecular flexibility index (Phi) is 2.31. The van der Waals surface area contributed by atoms with Gasteiger partial charge in [-0.2, -0.15) is 0 Å². The van der Waals surface area contributed by atoms with E-state index in [0.29, 0.717) is 5.56 Å². The van der Waals surface area contributed by atoms with Gasteiger partial charge >= 0.3 is 0 Å². The van der Waals surface area contributed by atoms with Crippen LogP contribution in [0.15, 0.2) is 22.7 Å². The third-order valence-corrected chi connectivity index (χ3v) is 2.44. The number of hydrogen-bond acceptors (Lipinski definition) is 3. The van der Waals surface area contributed by atoms with Crippen molar-refractivity contribution in [2.45, 2.75) is 26.7 Å². The van der Waals surface area contributed by atoms with Crippen molar-refractivity contribution in [3.8, 4) is 0 Å². The maximum atomic E-state index is 11.2. The van der Waals surface area contributed by atoms with Gasteiger partial charge in [0.25, 0.3) is 0 Å². The van der Waals surface area contributed by atoms with E-state index in [0.717, 1.165) is 16.7 Å². The molecular formula is C12H13NO2. The lowest BCUT2D eigenvalue weighted by molar-refractivity contribution is 0.101. The molecular weight excluding hydrogens is 190 g/mol. The highest BCUT2D eigenvalue weighted by Gasteiger charge is 2.13. The second-order valence-electron chi connectivity index (χ2n) is 3.99. The van der Waals surface area contributed by atoms with Crippen molar-refractivity contribution in [3.63, 3.8) is 0 Å². The molecule has 1 heterocycles. The molecule has 2 rings (SSSR count). The Morgan fingerprint density at radius 2 is 2.13 bits per heavy atom. The highest BCUT2D eigenvalue weighted by atomic mass is 16.5. The first-order chi connectivity index (χ1) is 7.09. The predicted molar refractivity (Wildman–Crippen MR) is 58.1 cm³/mol. The third kappa shape index (κ3) is 1.65. The molecule has 0 amide bonds. The van der Waals surface area contributed by atoms with E-state index in [-0.39, 0.29) is 11.7 Å². The monoisotopic (exact) mass is 203 g/mol. The Bertz CT molecular complexity index is 511. The number of carbonyl (C=O) groups excluding carboxylic acids is 1. The van der Waals surface area contributed by atoms with Crippen LogP contribution in [-0.2, 0) is 0 Å². The lowest BCUT2D eigenvalue weighted by Gasteiger charge is -1.99. The molecule has 1 aromatic heterocycles. The average Bonchev–Trinajstić information content (AvgIpc) is 2.59. The fourth-order valence-electron chi connectivity index (χ4n) is 1.60. The fraction of sp³-hybridized carbons (Fsp3) is 0.333. The van der Waals surface area contributed by atoms with Gasteiger partial charge in [0.2, 0.25) is 0 Å². The summed E-state index contributed by atoms with van der Waals surface area (Å²) in [6.45, 7) is 5.64. The molecule has 0 saturated heterocycles. The summed E-state index contributed by atoms with van der Waals surface area (Å²) in [5.41, 5.74) is 1.51. The zero-order valence-electron chi connectivity index (χ0n) is 9.07. The Hall–Kier alpha value is -1.64. The van der Waals surface area contributed by atoms with E-state index in [1.807, 2.05) is 26.0 Å². The van der Waals surface area contributed by atoms with Crippen LogP contribution >= 0.6 is 0 Å². The summed E-state index contributed by atoms with van der Waals surface area (Å²) in [6.07, 6.45) is 0. The minimum absolute atomic E-state index is 0.0628. The molecule has 0 aliphatic rings. The summed E-state index contributed by atoms with van der Waals surface area (Å²) in [7, 11) is 0. The number of ketones is 1. The summed E-state index contributed by atoms with van der Waals surface area (Å²) < 4.78 is 5.25. The Morgan fingerprint density at radius 3 is 2.73 bits per heavy atom. The molecule has 0 fully saturated rings. The van der Waals surface area contributed by atoms with Crippen molar-refractivity contribution in [2.24, 2.45) is 0 Å². The van der Waals surface area contributed by atoms with Crippen LogP contribution < -0.4 is 0 Å². The fourth-order valence-corrected chi connectivity index (χ4v) is 1.60. The molecule has 2 aromatic rings. The lowest BCUT2D eigenvalue weighted by atomic mass is 10.0. The molecule has 0 aliphatic heterocycles. The van der Waals surface area contributed by atoms with Crippen molar-refractivity contribution >= 4 is 16.7 Å². The van der Waals surface area contributed by atoms with E-state index in [4.69, 9.17) is 4.52 Å². The summed E-state index contributed by atoms with van der Waals surface area (Å²) in [4.78, 5) is 11.2. The Labute approximate surface area is 88.1 Å². The molecule has 0 unspecified atom stereocenters. The van der Waals surface area contributed by atoms with Gasteiger partial charge in [-0.05, 0) is 25.1 Å². The molecule has 0 spiro atoms. The smallest absolute Gasteiger partial charge is 0.159 e. The number of rotatable bonds is 2. The van der Waals surface area contributed by atoms with Crippen LogP contribution in [-0.4, -0.2) is 10.9 Å². The van der Waals surface area contributed by atoms with Crippen molar-refractivity contribution in [1.29, 1.82) is 0 Å². The van der Waals surface area contributed by atoms with Gasteiger partial charge in [0.1, 0.15) is 11.3 Å². The van der Waals surface area contributed by atoms with Gasteiger partial charge in [0.05, 0.1) is 0 Å². The molecule has 0 bridgehead atoms. The van der Waals surface area contributed by atoms with E-state index in [1.54, 1.807) is 13.0 Å². The average molecular weight is 203 g/mol. The number of nitrogens with zero attached hydrogens (tertiary/aromatic N) is 1. The van der Waals surface area contributed by atoms with Crippen molar-refractivity contribution in [2.75, 3.05) is 0 Å². The predicted octanol–water partition coefficient (Wildman–Crippen LogP) is 3.15. The van der Waals surface area contributed by atoms with Gasteiger partial charge in [-0.25, -0.2) is 0 Å². The van der Waals surface area contributed by atoms with Crippen LogP contribution in [0.3, 0.4) is 0 Å². The first kappa shape index (κ1) is 9.90. The van der Waals surface area contributed by atoms with Gasteiger partial charge in [0, 0.05) is 16.9 Å².